The van der Waals surface area contributed by atoms with E-state index in [9.17, 15) is 4.79 Å². The van der Waals surface area contributed by atoms with Gasteiger partial charge in [-0.15, -0.1) is 0 Å². The van der Waals surface area contributed by atoms with Crippen LogP contribution in [0.25, 0.3) is 0 Å². The van der Waals surface area contributed by atoms with Crippen LogP contribution in [-0.4, -0.2) is 20.7 Å². The minimum Gasteiger partial charge on any atom is -0.426 e. The van der Waals surface area contributed by atoms with Crippen molar-refractivity contribution in [2.75, 3.05) is 6.61 Å². The minimum atomic E-state index is -1.38. The first-order valence-corrected chi connectivity index (χ1v) is 11.2. The third-order valence-corrected chi connectivity index (χ3v) is 5.98. The summed E-state index contributed by atoms with van der Waals surface area (Å²) in [5, 5.41) is 0. The second-order valence-corrected chi connectivity index (χ2v) is 12.4. The standard InChI is InChI=1S/C17H20O3Si/c1-21(2,3)10-11-12-8-9-19-17(12)13-6-4-5-7-14(13)20-16(18)15(11)17/h4-7,10,12,15H,8-9H2,1-3H3/b11-10+/t12-,15+,17+/m1/s1. The molecule has 3 nitrogen and oxygen atoms in total. The van der Waals surface area contributed by atoms with E-state index < -0.39 is 13.7 Å². The van der Waals surface area contributed by atoms with Crippen molar-refractivity contribution in [3.8, 4) is 5.75 Å². The first kappa shape index (κ1) is 13.3. The van der Waals surface area contributed by atoms with Crippen molar-refractivity contribution in [1.82, 2.24) is 0 Å². The monoisotopic (exact) mass is 300 g/mol. The van der Waals surface area contributed by atoms with Crippen LogP contribution in [0.5, 0.6) is 5.75 Å². The lowest BCUT2D eigenvalue weighted by atomic mass is 9.54. The molecule has 3 atom stereocenters. The zero-order chi connectivity index (χ0) is 14.8. The lowest BCUT2D eigenvalue weighted by molar-refractivity contribution is -0.169. The Bertz CT molecular complexity index is 658. The molecule has 0 unspecified atom stereocenters. The lowest BCUT2D eigenvalue weighted by Gasteiger charge is -2.55. The second-order valence-electron chi connectivity index (χ2n) is 7.34. The number of carbonyl (C=O) groups is 1. The van der Waals surface area contributed by atoms with Gasteiger partial charge in [0.05, 0.1) is 8.07 Å². The number of benzene rings is 1. The summed E-state index contributed by atoms with van der Waals surface area (Å²) in [4.78, 5) is 12.5. The first-order chi connectivity index (χ1) is 9.93. The van der Waals surface area contributed by atoms with Crippen molar-refractivity contribution >= 4 is 14.0 Å². The summed E-state index contributed by atoms with van der Waals surface area (Å²) in [5.74, 6) is 0.656. The molecule has 2 heterocycles. The number of para-hydroxylation sites is 1. The van der Waals surface area contributed by atoms with E-state index in [1.54, 1.807) is 0 Å². The van der Waals surface area contributed by atoms with Crippen LogP contribution in [0.4, 0.5) is 0 Å². The lowest BCUT2D eigenvalue weighted by Crippen LogP contribution is -2.60. The summed E-state index contributed by atoms with van der Waals surface area (Å²) in [6.07, 6.45) is 1.01. The first-order valence-electron chi connectivity index (χ1n) is 7.61. The molecule has 0 radical (unpaired) electrons. The average molecular weight is 300 g/mol. The molecular formula is C17H20O3Si. The third kappa shape index (κ3) is 1.66. The molecule has 1 aromatic carbocycles. The number of fused-ring (bicyclic) bond motifs is 1. The van der Waals surface area contributed by atoms with Crippen LogP contribution >= 0.6 is 0 Å². The van der Waals surface area contributed by atoms with Crippen LogP contribution in [0.1, 0.15) is 12.0 Å². The molecule has 1 spiro atoms. The maximum Gasteiger partial charge on any atom is 0.321 e. The van der Waals surface area contributed by atoms with Crippen LogP contribution in [0, 0.1) is 11.8 Å². The summed E-state index contributed by atoms with van der Waals surface area (Å²) in [6.45, 7) is 7.64. The largest absolute Gasteiger partial charge is 0.426 e. The van der Waals surface area contributed by atoms with Gasteiger partial charge in [-0.05, 0) is 12.5 Å². The van der Waals surface area contributed by atoms with E-state index >= 15 is 0 Å². The molecule has 4 rings (SSSR count). The van der Waals surface area contributed by atoms with E-state index in [1.165, 1.54) is 5.57 Å². The van der Waals surface area contributed by atoms with Crippen molar-refractivity contribution in [1.29, 1.82) is 0 Å². The molecule has 1 saturated carbocycles. The zero-order valence-electron chi connectivity index (χ0n) is 12.7. The highest BCUT2D eigenvalue weighted by molar-refractivity contribution is 6.81. The van der Waals surface area contributed by atoms with Gasteiger partial charge in [0.2, 0.25) is 0 Å². The molecule has 0 bridgehead atoms. The minimum absolute atomic E-state index is 0.142. The predicted molar refractivity (Wildman–Crippen MR) is 82.7 cm³/mol. The fraction of sp³-hybridized carbons (Fsp3) is 0.471. The molecule has 4 heteroatoms. The second kappa shape index (κ2) is 4.08. The van der Waals surface area contributed by atoms with Crippen LogP contribution in [0.3, 0.4) is 0 Å². The van der Waals surface area contributed by atoms with Gasteiger partial charge in [-0.2, -0.15) is 0 Å². The quantitative estimate of drug-likeness (QED) is 0.453. The van der Waals surface area contributed by atoms with Gasteiger partial charge in [0, 0.05) is 18.1 Å². The van der Waals surface area contributed by atoms with Gasteiger partial charge < -0.3 is 9.47 Å². The van der Waals surface area contributed by atoms with Gasteiger partial charge in [-0.25, -0.2) is 0 Å². The van der Waals surface area contributed by atoms with E-state index in [2.05, 4.69) is 31.4 Å². The maximum absolute atomic E-state index is 12.5. The van der Waals surface area contributed by atoms with Gasteiger partial charge in [-0.1, -0.05) is 49.1 Å². The molecule has 1 saturated heterocycles. The molecule has 0 N–H and O–H groups in total. The SMILES string of the molecule is C[Si](C)(C)/C=C1\[C@H]2CCO[C@]23c2ccccc2OC(=O)[C@H]13. The van der Waals surface area contributed by atoms with E-state index in [0.29, 0.717) is 11.7 Å². The Hall–Kier alpha value is -1.39. The highest BCUT2D eigenvalue weighted by Gasteiger charge is 2.69. The Kier molecular flexibility index (Phi) is 2.58. The Morgan fingerprint density at radius 2 is 2.05 bits per heavy atom. The van der Waals surface area contributed by atoms with E-state index in [1.807, 2.05) is 18.2 Å². The molecule has 2 fully saturated rings. The Balaban J connectivity index is 1.88. The van der Waals surface area contributed by atoms with Crippen LogP contribution < -0.4 is 4.74 Å². The number of hydrogen-bond donors (Lipinski definition) is 0. The zero-order valence-corrected chi connectivity index (χ0v) is 13.7. The maximum atomic E-state index is 12.5. The summed E-state index contributed by atoms with van der Waals surface area (Å²) < 4.78 is 11.7. The third-order valence-electron chi connectivity index (χ3n) is 4.78. The van der Waals surface area contributed by atoms with Crippen molar-refractivity contribution in [3.05, 3.63) is 41.1 Å². The number of hydrogen-bond acceptors (Lipinski definition) is 3. The van der Waals surface area contributed by atoms with Gasteiger partial charge >= 0.3 is 5.97 Å². The number of ether oxygens (including phenoxy) is 2. The van der Waals surface area contributed by atoms with Crippen molar-refractivity contribution in [2.45, 2.75) is 31.7 Å². The van der Waals surface area contributed by atoms with Gasteiger partial charge in [-0.3, -0.25) is 4.79 Å². The molecule has 1 aromatic rings. The Morgan fingerprint density at radius 1 is 1.29 bits per heavy atom. The normalized spacial score (nSPS) is 35.6. The van der Waals surface area contributed by atoms with Crippen molar-refractivity contribution < 1.29 is 14.3 Å². The molecule has 0 amide bonds. The molecule has 1 aliphatic carbocycles. The molecule has 21 heavy (non-hydrogen) atoms. The fourth-order valence-corrected chi connectivity index (χ4v) is 5.54. The topological polar surface area (TPSA) is 35.5 Å². The Labute approximate surface area is 126 Å². The highest BCUT2D eigenvalue weighted by atomic mass is 28.3. The highest BCUT2D eigenvalue weighted by Crippen LogP contribution is 2.66. The van der Waals surface area contributed by atoms with Gasteiger partial charge in [0.15, 0.2) is 0 Å². The summed E-state index contributed by atoms with van der Waals surface area (Å²) in [5.41, 5.74) is 4.26. The fourth-order valence-electron chi connectivity index (χ4n) is 4.17. The number of rotatable bonds is 1. The van der Waals surface area contributed by atoms with Gasteiger partial charge in [0.25, 0.3) is 0 Å². The summed E-state index contributed by atoms with van der Waals surface area (Å²) >= 11 is 0. The van der Waals surface area contributed by atoms with Crippen molar-refractivity contribution in [3.63, 3.8) is 0 Å². The van der Waals surface area contributed by atoms with Crippen molar-refractivity contribution in [2.24, 2.45) is 11.8 Å². The van der Waals surface area contributed by atoms with E-state index in [0.717, 1.165) is 18.6 Å². The molecule has 110 valence electrons. The smallest absolute Gasteiger partial charge is 0.321 e. The van der Waals surface area contributed by atoms with E-state index in [4.69, 9.17) is 9.47 Å². The molecule has 0 aromatic heterocycles. The molecular weight excluding hydrogens is 280 g/mol. The molecule has 3 aliphatic rings. The molecule has 2 aliphatic heterocycles. The van der Waals surface area contributed by atoms with Gasteiger partial charge in [0.1, 0.15) is 17.3 Å². The van der Waals surface area contributed by atoms with Crippen LogP contribution in [-0.2, 0) is 15.1 Å². The Morgan fingerprint density at radius 3 is 2.81 bits per heavy atom. The number of carbonyl (C=O) groups excluding carboxylic acids is 1. The average Bonchev–Trinajstić information content (AvgIpc) is 2.74. The van der Waals surface area contributed by atoms with E-state index in [-0.39, 0.29) is 11.9 Å². The predicted octanol–water partition coefficient (Wildman–Crippen LogP) is 3.27. The van der Waals surface area contributed by atoms with Crippen LogP contribution in [0.15, 0.2) is 35.5 Å². The summed E-state index contributed by atoms with van der Waals surface area (Å²) in [7, 11) is -1.38. The van der Waals surface area contributed by atoms with Crippen LogP contribution in [0.2, 0.25) is 19.6 Å². The summed E-state index contributed by atoms with van der Waals surface area (Å²) in [6, 6.07) is 7.84. The number of esters is 1.